The van der Waals surface area contributed by atoms with E-state index in [9.17, 15) is 5.26 Å². The van der Waals surface area contributed by atoms with Crippen LogP contribution in [0.1, 0.15) is 5.56 Å². The van der Waals surface area contributed by atoms with Gasteiger partial charge >= 0.3 is 0 Å². The Morgan fingerprint density at radius 2 is 0.800 bits per heavy atom. The summed E-state index contributed by atoms with van der Waals surface area (Å²) in [6, 6.07) is 48.0. The van der Waals surface area contributed by atoms with Crippen molar-refractivity contribution < 1.29 is 0 Å². The van der Waals surface area contributed by atoms with Gasteiger partial charge in [-0.05, 0) is 100 Å². The van der Waals surface area contributed by atoms with Crippen LogP contribution in [0, 0.1) is 11.3 Å². The van der Waals surface area contributed by atoms with Gasteiger partial charge in [0.25, 0.3) is 0 Å². The number of hydrogen-bond acceptors (Lipinski definition) is 3. The molecule has 0 atom stereocenters. The minimum Gasteiger partial charge on any atom is -0.192 e. The summed E-state index contributed by atoms with van der Waals surface area (Å²) in [5, 5.41) is 14.5. The molecule has 0 N–H and O–H groups in total. The molecule has 8 rings (SSSR count). The Morgan fingerprint density at radius 3 is 1.30 bits per heavy atom. The normalized spacial score (nSPS) is 11.5. The van der Waals surface area contributed by atoms with Crippen molar-refractivity contribution in [3.8, 4) is 39.4 Å². The molecule has 0 aliphatic carbocycles. The molecule has 0 fully saturated rings. The van der Waals surface area contributed by atoms with Crippen LogP contribution in [0.25, 0.3) is 73.7 Å². The zero-order chi connectivity index (χ0) is 26.6. The van der Waals surface area contributed by atoms with Crippen LogP contribution in [0.5, 0.6) is 0 Å². The summed E-state index contributed by atoms with van der Waals surface area (Å²) in [5.41, 5.74) is 7.69. The second-order valence-electron chi connectivity index (χ2n) is 10.1. The first-order valence-electron chi connectivity index (χ1n) is 13.2. The molecule has 0 saturated heterocycles. The number of hydrogen-bond donors (Lipinski definition) is 0. The molecular weight excluding hydrogens is 523 g/mol. The van der Waals surface area contributed by atoms with Crippen molar-refractivity contribution in [1.82, 2.24) is 0 Å². The van der Waals surface area contributed by atoms with E-state index in [2.05, 4.69) is 109 Å². The lowest BCUT2D eigenvalue weighted by Crippen LogP contribution is -1.87. The highest BCUT2D eigenvalue weighted by Crippen LogP contribution is 2.40. The molecule has 0 radical (unpaired) electrons. The Kier molecular flexibility index (Phi) is 5.31. The molecule has 0 aliphatic heterocycles. The molecule has 2 heterocycles. The summed E-state index contributed by atoms with van der Waals surface area (Å²) in [6.07, 6.45) is 0. The minimum atomic E-state index is 0.671. The first-order valence-corrected chi connectivity index (χ1v) is 14.9. The van der Waals surface area contributed by atoms with E-state index in [0.29, 0.717) is 5.56 Å². The van der Waals surface area contributed by atoms with Crippen LogP contribution in [-0.4, -0.2) is 0 Å². The van der Waals surface area contributed by atoms with Crippen LogP contribution >= 0.6 is 22.7 Å². The number of nitrogens with zero attached hydrogens (tertiary/aromatic N) is 1. The molecule has 0 spiro atoms. The molecule has 0 amide bonds. The van der Waals surface area contributed by atoms with Crippen LogP contribution < -0.4 is 0 Å². The van der Waals surface area contributed by atoms with Crippen LogP contribution in [0.15, 0.2) is 127 Å². The van der Waals surface area contributed by atoms with Crippen molar-refractivity contribution in [2.24, 2.45) is 0 Å². The van der Waals surface area contributed by atoms with Crippen molar-refractivity contribution in [2.75, 3.05) is 0 Å². The van der Waals surface area contributed by atoms with Crippen molar-refractivity contribution in [3.05, 3.63) is 133 Å². The van der Waals surface area contributed by atoms with Crippen molar-refractivity contribution >= 4 is 63.0 Å². The molecule has 1 nitrogen and oxygen atoms in total. The highest BCUT2D eigenvalue weighted by molar-refractivity contribution is 7.26. The highest BCUT2D eigenvalue weighted by Gasteiger charge is 2.12. The second-order valence-corrected chi connectivity index (χ2v) is 12.3. The number of thiophene rings is 2. The molecule has 0 unspecified atom stereocenters. The van der Waals surface area contributed by atoms with Gasteiger partial charge < -0.3 is 0 Å². The van der Waals surface area contributed by atoms with Crippen LogP contribution in [0.3, 0.4) is 0 Å². The van der Waals surface area contributed by atoms with E-state index in [4.69, 9.17) is 0 Å². The van der Waals surface area contributed by atoms with Gasteiger partial charge in [0, 0.05) is 40.3 Å². The quantitative estimate of drug-likeness (QED) is 0.217. The third kappa shape index (κ3) is 3.81. The van der Waals surface area contributed by atoms with Crippen molar-refractivity contribution in [3.63, 3.8) is 0 Å². The number of fused-ring (bicyclic) bond motifs is 6. The molecule has 186 valence electrons. The average Bonchev–Trinajstić information content (AvgIpc) is 3.58. The van der Waals surface area contributed by atoms with Gasteiger partial charge in [0.2, 0.25) is 0 Å². The van der Waals surface area contributed by atoms with Crippen molar-refractivity contribution in [1.29, 1.82) is 5.26 Å². The van der Waals surface area contributed by atoms with Gasteiger partial charge in [-0.25, -0.2) is 0 Å². The fourth-order valence-corrected chi connectivity index (χ4v) is 7.85. The fourth-order valence-electron chi connectivity index (χ4n) is 5.68. The Bertz CT molecular complexity index is 2140. The molecule has 3 heteroatoms. The zero-order valence-electron chi connectivity index (χ0n) is 21.4. The van der Waals surface area contributed by atoms with E-state index < -0.39 is 0 Å². The van der Waals surface area contributed by atoms with E-state index in [1.165, 1.54) is 62.6 Å². The Balaban J connectivity index is 1.35. The third-order valence-corrected chi connectivity index (χ3v) is 10.0. The fraction of sp³-hybridized carbons (Fsp3) is 0. The maximum atomic E-state index is 9.32. The highest BCUT2D eigenvalue weighted by atomic mass is 32.1. The van der Waals surface area contributed by atoms with E-state index in [-0.39, 0.29) is 0 Å². The van der Waals surface area contributed by atoms with Gasteiger partial charge in [-0.3, -0.25) is 0 Å². The molecule has 0 bridgehead atoms. The molecule has 0 aliphatic rings. The lowest BCUT2D eigenvalue weighted by atomic mass is 9.92. The maximum Gasteiger partial charge on any atom is 0.0991 e. The molecule has 6 aromatic carbocycles. The first kappa shape index (κ1) is 23.2. The Hall–Kier alpha value is -4.75. The number of benzene rings is 6. The first-order chi connectivity index (χ1) is 19.7. The summed E-state index contributed by atoms with van der Waals surface area (Å²) in [6.45, 7) is 0. The molecule has 0 saturated carbocycles. The number of rotatable bonds is 3. The Labute approximate surface area is 239 Å². The van der Waals surface area contributed by atoms with E-state index >= 15 is 0 Å². The summed E-state index contributed by atoms with van der Waals surface area (Å²) in [5.74, 6) is 0. The van der Waals surface area contributed by atoms with Gasteiger partial charge in [0.1, 0.15) is 0 Å². The van der Waals surface area contributed by atoms with Gasteiger partial charge in [0.15, 0.2) is 0 Å². The van der Waals surface area contributed by atoms with Gasteiger partial charge in [-0.15, -0.1) is 22.7 Å². The Morgan fingerprint density at radius 1 is 0.375 bits per heavy atom. The summed E-state index contributed by atoms with van der Waals surface area (Å²) in [7, 11) is 0. The number of nitriles is 1. The largest absolute Gasteiger partial charge is 0.192 e. The standard InChI is InChI=1S/C37H21NS2/c38-22-23-9-11-24(12-10-23)27-17-28(25-13-15-36-32(20-25)30-5-1-3-7-34(30)39-36)19-29(18-27)26-14-16-37-33(21-26)31-6-2-4-8-35(31)40-37/h1-21H. The van der Waals surface area contributed by atoms with Crippen LogP contribution in [0.2, 0.25) is 0 Å². The minimum absolute atomic E-state index is 0.671. The van der Waals surface area contributed by atoms with Crippen LogP contribution in [-0.2, 0) is 0 Å². The summed E-state index contributed by atoms with van der Waals surface area (Å²) < 4.78 is 5.25. The van der Waals surface area contributed by atoms with E-state index in [0.717, 1.165) is 11.1 Å². The molecule has 2 aromatic heterocycles. The SMILES string of the molecule is N#Cc1ccc(-c2cc(-c3ccc4sc5ccccc5c4c3)cc(-c3ccc4sc5ccccc5c4c3)c2)cc1. The third-order valence-electron chi connectivity index (χ3n) is 7.70. The second kappa shape index (κ2) is 9.17. The summed E-state index contributed by atoms with van der Waals surface area (Å²) >= 11 is 3.69. The summed E-state index contributed by atoms with van der Waals surface area (Å²) in [4.78, 5) is 0. The zero-order valence-corrected chi connectivity index (χ0v) is 23.0. The topological polar surface area (TPSA) is 23.8 Å². The molecule has 8 aromatic rings. The predicted molar refractivity (Wildman–Crippen MR) is 173 cm³/mol. The van der Waals surface area contributed by atoms with Crippen LogP contribution in [0.4, 0.5) is 0 Å². The molecular formula is C37H21NS2. The lowest BCUT2D eigenvalue weighted by molar-refractivity contribution is 1.48. The van der Waals surface area contributed by atoms with E-state index in [1.807, 2.05) is 46.9 Å². The van der Waals surface area contributed by atoms with E-state index in [1.54, 1.807) is 0 Å². The van der Waals surface area contributed by atoms with Crippen molar-refractivity contribution in [2.45, 2.75) is 0 Å². The smallest absolute Gasteiger partial charge is 0.0991 e. The maximum absolute atomic E-state index is 9.32. The van der Waals surface area contributed by atoms with Gasteiger partial charge in [-0.1, -0.05) is 60.7 Å². The monoisotopic (exact) mass is 543 g/mol. The molecule has 40 heavy (non-hydrogen) atoms. The predicted octanol–water partition coefficient (Wildman–Crippen LogP) is 11.3. The average molecular weight is 544 g/mol. The van der Waals surface area contributed by atoms with Gasteiger partial charge in [-0.2, -0.15) is 5.26 Å². The lowest BCUT2D eigenvalue weighted by Gasteiger charge is -2.12. The van der Waals surface area contributed by atoms with Gasteiger partial charge in [0.05, 0.1) is 11.6 Å².